The van der Waals surface area contributed by atoms with E-state index in [4.69, 9.17) is 9.84 Å². The summed E-state index contributed by atoms with van der Waals surface area (Å²) in [7, 11) is 1.33. The highest BCUT2D eigenvalue weighted by Crippen LogP contribution is 2.28. The maximum Gasteiger partial charge on any atom is 0.336 e. The van der Waals surface area contributed by atoms with Gasteiger partial charge in [-0.15, -0.1) is 0 Å². The second-order valence-electron chi connectivity index (χ2n) is 3.68. The quantitative estimate of drug-likeness (QED) is 0.927. The number of pyridine rings is 1. The fraction of sp³-hybridized carbons (Fsp3) is 0.0769. The average molecular weight is 265 g/mol. The lowest BCUT2D eigenvalue weighted by Crippen LogP contribution is -2.03. The van der Waals surface area contributed by atoms with Gasteiger partial charge in [-0.05, 0) is 6.07 Å². The van der Waals surface area contributed by atoms with Crippen LogP contribution in [0.15, 0.2) is 30.5 Å². The van der Waals surface area contributed by atoms with E-state index in [-0.39, 0.29) is 22.6 Å². The predicted molar refractivity (Wildman–Crippen MR) is 63.1 cm³/mol. The lowest BCUT2D eigenvalue weighted by atomic mass is 10.0. The number of aromatic carboxylic acids is 1. The predicted octanol–water partition coefficient (Wildman–Crippen LogP) is 2.73. The van der Waals surface area contributed by atoms with Gasteiger partial charge in [-0.2, -0.15) is 0 Å². The van der Waals surface area contributed by atoms with Gasteiger partial charge in [-0.1, -0.05) is 12.1 Å². The van der Waals surface area contributed by atoms with E-state index in [2.05, 4.69) is 4.98 Å². The zero-order chi connectivity index (χ0) is 14.0. The fourth-order valence-corrected chi connectivity index (χ4v) is 1.65. The Labute approximate surface area is 107 Å². The first-order chi connectivity index (χ1) is 9.04. The number of carboxylic acid groups (broad SMARTS) is 1. The van der Waals surface area contributed by atoms with Crippen molar-refractivity contribution in [1.29, 1.82) is 0 Å². The van der Waals surface area contributed by atoms with E-state index in [9.17, 15) is 13.6 Å². The molecule has 2 aromatic rings. The van der Waals surface area contributed by atoms with Gasteiger partial charge in [0.15, 0.2) is 11.6 Å². The first-order valence-corrected chi connectivity index (χ1v) is 5.26. The van der Waals surface area contributed by atoms with Crippen molar-refractivity contribution in [2.75, 3.05) is 7.11 Å². The van der Waals surface area contributed by atoms with Crippen LogP contribution in [-0.2, 0) is 0 Å². The molecule has 0 spiro atoms. The number of ether oxygens (including phenoxy) is 1. The van der Waals surface area contributed by atoms with Crippen LogP contribution < -0.4 is 4.74 Å². The van der Waals surface area contributed by atoms with Gasteiger partial charge in [0.2, 0.25) is 5.88 Å². The van der Waals surface area contributed by atoms with Gasteiger partial charge in [-0.3, -0.25) is 0 Å². The first kappa shape index (κ1) is 12.9. The Balaban J connectivity index is 2.68. The van der Waals surface area contributed by atoms with Gasteiger partial charge in [0.05, 0.1) is 12.7 Å². The Bertz CT molecular complexity index is 644. The Morgan fingerprint density at radius 2 is 2.05 bits per heavy atom. The van der Waals surface area contributed by atoms with E-state index in [0.717, 1.165) is 18.3 Å². The molecule has 98 valence electrons. The second kappa shape index (κ2) is 5.01. The summed E-state index contributed by atoms with van der Waals surface area (Å²) in [5.74, 6) is -3.36. The summed E-state index contributed by atoms with van der Waals surface area (Å²) >= 11 is 0. The van der Waals surface area contributed by atoms with Crippen molar-refractivity contribution in [3.8, 4) is 17.0 Å². The van der Waals surface area contributed by atoms with E-state index in [1.807, 2.05) is 0 Å². The number of hydrogen-bond acceptors (Lipinski definition) is 3. The van der Waals surface area contributed by atoms with Crippen molar-refractivity contribution >= 4 is 5.97 Å². The normalized spacial score (nSPS) is 10.3. The number of rotatable bonds is 3. The van der Waals surface area contributed by atoms with E-state index >= 15 is 0 Å². The molecule has 0 saturated heterocycles. The molecule has 1 heterocycles. The third-order valence-corrected chi connectivity index (χ3v) is 2.56. The Morgan fingerprint density at radius 3 is 2.68 bits per heavy atom. The monoisotopic (exact) mass is 265 g/mol. The highest BCUT2D eigenvalue weighted by molar-refractivity contribution is 5.96. The van der Waals surface area contributed by atoms with Crippen LogP contribution in [0, 0.1) is 11.6 Å². The number of hydrogen-bond donors (Lipinski definition) is 1. The van der Waals surface area contributed by atoms with Gasteiger partial charge in [0.25, 0.3) is 0 Å². The summed E-state index contributed by atoms with van der Waals surface area (Å²) in [4.78, 5) is 15.0. The molecule has 2 rings (SSSR count). The molecule has 1 aromatic carbocycles. The molecule has 19 heavy (non-hydrogen) atoms. The third kappa shape index (κ3) is 2.37. The molecule has 0 unspecified atom stereocenters. The molecular weight excluding hydrogens is 256 g/mol. The summed E-state index contributed by atoms with van der Waals surface area (Å²) in [6.07, 6.45) is 1.14. The topological polar surface area (TPSA) is 59.4 Å². The molecule has 1 N–H and O–H groups in total. The molecule has 0 aliphatic heterocycles. The van der Waals surface area contributed by atoms with Gasteiger partial charge >= 0.3 is 5.97 Å². The molecule has 0 bridgehead atoms. The van der Waals surface area contributed by atoms with Crippen LogP contribution in [0.2, 0.25) is 0 Å². The lowest BCUT2D eigenvalue weighted by Gasteiger charge is -2.09. The number of benzene rings is 1. The van der Waals surface area contributed by atoms with Crippen molar-refractivity contribution in [2.24, 2.45) is 0 Å². The molecule has 0 radical (unpaired) electrons. The molecular formula is C13H9F2NO3. The van der Waals surface area contributed by atoms with Crippen LogP contribution in [0.5, 0.6) is 5.88 Å². The number of carbonyl (C=O) groups is 1. The van der Waals surface area contributed by atoms with Crippen molar-refractivity contribution in [3.05, 3.63) is 47.7 Å². The number of nitrogens with zero attached hydrogens (tertiary/aromatic N) is 1. The summed E-state index contributed by atoms with van der Waals surface area (Å²) in [6, 6.07) is 4.69. The maximum absolute atomic E-state index is 13.7. The molecule has 1 aromatic heterocycles. The summed E-state index contributed by atoms with van der Waals surface area (Å²) in [6.45, 7) is 0. The van der Waals surface area contributed by atoms with E-state index in [1.54, 1.807) is 0 Å². The average Bonchev–Trinajstić information content (AvgIpc) is 2.41. The van der Waals surface area contributed by atoms with Crippen molar-refractivity contribution in [1.82, 2.24) is 4.98 Å². The van der Waals surface area contributed by atoms with Gasteiger partial charge < -0.3 is 9.84 Å². The summed E-state index contributed by atoms with van der Waals surface area (Å²) in [5, 5.41) is 9.11. The van der Waals surface area contributed by atoms with Gasteiger partial charge in [-0.25, -0.2) is 18.6 Å². The highest BCUT2D eigenvalue weighted by atomic mass is 19.2. The summed E-state index contributed by atoms with van der Waals surface area (Å²) in [5.41, 5.74) is -0.380. The molecule has 4 nitrogen and oxygen atoms in total. The highest BCUT2D eigenvalue weighted by Gasteiger charge is 2.18. The SMILES string of the molecule is COc1cc(C(=O)O)c(-c2cccc(F)c2F)cn1. The van der Waals surface area contributed by atoms with Crippen LogP contribution in [0.4, 0.5) is 8.78 Å². The number of halogens is 2. The zero-order valence-electron chi connectivity index (χ0n) is 9.85. The Morgan fingerprint density at radius 1 is 1.32 bits per heavy atom. The van der Waals surface area contributed by atoms with Crippen molar-refractivity contribution in [2.45, 2.75) is 0 Å². The largest absolute Gasteiger partial charge is 0.481 e. The second-order valence-corrected chi connectivity index (χ2v) is 3.68. The van der Waals surface area contributed by atoms with E-state index < -0.39 is 17.6 Å². The minimum atomic E-state index is -1.28. The Hall–Kier alpha value is -2.50. The molecule has 0 fully saturated rings. The zero-order valence-corrected chi connectivity index (χ0v) is 9.85. The van der Waals surface area contributed by atoms with E-state index in [0.29, 0.717) is 0 Å². The molecule has 0 aliphatic rings. The van der Waals surface area contributed by atoms with Crippen molar-refractivity contribution < 1.29 is 23.4 Å². The van der Waals surface area contributed by atoms with Gasteiger partial charge in [0, 0.05) is 23.4 Å². The Kier molecular flexibility index (Phi) is 3.41. The maximum atomic E-state index is 13.7. The van der Waals surface area contributed by atoms with Crippen LogP contribution in [0.1, 0.15) is 10.4 Å². The third-order valence-electron chi connectivity index (χ3n) is 2.56. The fourth-order valence-electron chi connectivity index (χ4n) is 1.65. The first-order valence-electron chi connectivity index (χ1n) is 5.26. The summed E-state index contributed by atoms with van der Waals surface area (Å²) < 4.78 is 31.7. The number of carboxylic acids is 1. The molecule has 0 saturated carbocycles. The number of aromatic nitrogens is 1. The van der Waals surface area contributed by atoms with Crippen LogP contribution in [0.25, 0.3) is 11.1 Å². The minimum absolute atomic E-state index is 0.00898. The smallest absolute Gasteiger partial charge is 0.336 e. The lowest BCUT2D eigenvalue weighted by molar-refractivity contribution is 0.0697. The van der Waals surface area contributed by atoms with Crippen molar-refractivity contribution in [3.63, 3.8) is 0 Å². The minimum Gasteiger partial charge on any atom is -0.481 e. The standard InChI is InChI=1S/C13H9F2NO3/c1-19-11-5-8(13(17)18)9(6-16-11)7-3-2-4-10(14)12(7)15/h2-6H,1H3,(H,17,18). The molecule has 0 amide bonds. The molecule has 0 aliphatic carbocycles. The van der Waals surface area contributed by atoms with Crippen LogP contribution in [0.3, 0.4) is 0 Å². The van der Waals surface area contributed by atoms with Gasteiger partial charge in [0.1, 0.15) is 0 Å². The molecule has 6 heteroatoms. The van der Waals surface area contributed by atoms with Crippen LogP contribution >= 0.6 is 0 Å². The molecule has 0 atom stereocenters. The number of methoxy groups -OCH3 is 1. The van der Waals surface area contributed by atoms with E-state index in [1.165, 1.54) is 19.2 Å². The van der Waals surface area contributed by atoms with Crippen LogP contribution in [-0.4, -0.2) is 23.2 Å².